The summed E-state index contributed by atoms with van der Waals surface area (Å²) in [6, 6.07) is 4.90. The van der Waals surface area contributed by atoms with Crippen LogP contribution in [0.25, 0.3) is 11.5 Å². The number of anilines is 1. The molecule has 100 valence electrons. The van der Waals surface area contributed by atoms with Gasteiger partial charge in [-0.3, -0.25) is 0 Å². The molecule has 0 atom stereocenters. The molecule has 0 aliphatic heterocycles. The normalized spacial score (nSPS) is 10.5. The molecule has 19 heavy (non-hydrogen) atoms. The molecule has 2 rings (SSSR count). The number of rotatable bonds is 5. The van der Waals surface area contributed by atoms with Gasteiger partial charge in [0.1, 0.15) is 17.3 Å². The van der Waals surface area contributed by atoms with Crippen molar-refractivity contribution in [1.29, 1.82) is 0 Å². The highest BCUT2D eigenvalue weighted by atomic mass is 19.1. The summed E-state index contributed by atoms with van der Waals surface area (Å²) >= 11 is 0. The van der Waals surface area contributed by atoms with Crippen molar-refractivity contribution in [2.75, 3.05) is 11.9 Å². The first-order valence-corrected chi connectivity index (χ1v) is 6.46. The van der Waals surface area contributed by atoms with Crippen LogP contribution in [0.2, 0.25) is 0 Å². The predicted octanol–water partition coefficient (Wildman–Crippen LogP) is 3.06. The van der Waals surface area contributed by atoms with Crippen molar-refractivity contribution in [3.8, 4) is 11.5 Å². The lowest BCUT2D eigenvalue weighted by Gasteiger charge is -2.08. The van der Waals surface area contributed by atoms with Crippen LogP contribution < -0.4 is 5.32 Å². The van der Waals surface area contributed by atoms with Crippen LogP contribution in [0.5, 0.6) is 0 Å². The number of nitrogens with one attached hydrogen (secondary N) is 1. The SMILES string of the molecule is CCCc1cc(NCC)nc(-c2ccc(F)cn2)n1. The van der Waals surface area contributed by atoms with E-state index in [1.165, 1.54) is 12.3 Å². The molecule has 0 aliphatic rings. The minimum absolute atomic E-state index is 0.361. The van der Waals surface area contributed by atoms with Crippen molar-refractivity contribution in [3.63, 3.8) is 0 Å². The fourth-order valence-electron chi connectivity index (χ4n) is 1.78. The number of hydrogen-bond acceptors (Lipinski definition) is 4. The average Bonchev–Trinajstić information content (AvgIpc) is 2.40. The van der Waals surface area contributed by atoms with Crippen LogP contribution in [0.3, 0.4) is 0 Å². The number of hydrogen-bond donors (Lipinski definition) is 1. The maximum Gasteiger partial charge on any atom is 0.180 e. The summed E-state index contributed by atoms with van der Waals surface area (Å²) in [7, 11) is 0. The van der Waals surface area contributed by atoms with Gasteiger partial charge < -0.3 is 5.32 Å². The van der Waals surface area contributed by atoms with Gasteiger partial charge in [-0.15, -0.1) is 0 Å². The zero-order valence-electron chi connectivity index (χ0n) is 11.2. The molecule has 2 aromatic rings. The van der Waals surface area contributed by atoms with Crippen molar-refractivity contribution in [3.05, 3.63) is 35.9 Å². The quantitative estimate of drug-likeness (QED) is 0.897. The maximum atomic E-state index is 12.9. The Bertz CT molecular complexity index is 515. The molecule has 0 radical (unpaired) electrons. The zero-order chi connectivity index (χ0) is 13.7. The Balaban J connectivity index is 2.40. The smallest absolute Gasteiger partial charge is 0.180 e. The number of pyridine rings is 1. The summed E-state index contributed by atoms with van der Waals surface area (Å²) in [5, 5.41) is 3.17. The summed E-state index contributed by atoms with van der Waals surface area (Å²) in [5.74, 6) is 0.948. The van der Waals surface area contributed by atoms with Crippen LogP contribution in [0.4, 0.5) is 10.2 Å². The fourth-order valence-corrected chi connectivity index (χ4v) is 1.78. The minimum Gasteiger partial charge on any atom is -0.370 e. The van der Waals surface area contributed by atoms with Crippen molar-refractivity contribution in [1.82, 2.24) is 15.0 Å². The van der Waals surface area contributed by atoms with Gasteiger partial charge in [0.05, 0.1) is 6.20 Å². The standard InChI is InChI=1S/C14H17FN4/c1-3-5-11-8-13(16-4-2)19-14(18-11)12-7-6-10(15)9-17-12/h6-9H,3-5H2,1-2H3,(H,16,18,19). The fraction of sp³-hybridized carbons (Fsp3) is 0.357. The third-order valence-electron chi connectivity index (χ3n) is 2.60. The molecule has 2 aromatic heterocycles. The highest BCUT2D eigenvalue weighted by Crippen LogP contribution is 2.17. The monoisotopic (exact) mass is 260 g/mol. The molecular weight excluding hydrogens is 243 g/mol. The molecule has 0 aliphatic carbocycles. The molecule has 0 unspecified atom stereocenters. The molecule has 0 saturated heterocycles. The largest absolute Gasteiger partial charge is 0.370 e. The highest BCUT2D eigenvalue weighted by molar-refractivity contribution is 5.52. The second-order valence-electron chi connectivity index (χ2n) is 4.21. The Morgan fingerprint density at radius 1 is 1.21 bits per heavy atom. The summed E-state index contributed by atoms with van der Waals surface area (Å²) in [4.78, 5) is 12.9. The van der Waals surface area contributed by atoms with Gasteiger partial charge in [-0.05, 0) is 25.5 Å². The molecule has 5 heteroatoms. The van der Waals surface area contributed by atoms with Crippen LogP contribution in [-0.2, 0) is 6.42 Å². The third kappa shape index (κ3) is 3.47. The Kier molecular flexibility index (Phi) is 4.39. The molecule has 0 fully saturated rings. The van der Waals surface area contributed by atoms with E-state index < -0.39 is 0 Å². The predicted molar refractivity (Wildman–Crippen MR) is 73.4 cm³/mol. The second-order valence-corrected chi connectivity index (χ2v) is 4.21. The lowest BCUT2D eigenvalue weighted by Crippen LogP contribution is -2.04. The van der Waals surface area contributed by atoms with Gasteiger partial charge in [0, 0.05) is 18.3 Å². The minimum atomic E-state index is -0.361. The van der Waals surface area contributed by atoms with E-state index in [1.54, 1.807) is 6.07 Å². The van der Waals surface area contributed by atoms with E-state index in [0.717, 1.165) is 30.9 Å². The van der Waals surface area contributed by atoms with Crippen LogP contribution in [-0.4, -0.2) is 21.5 Å². The first kappa shape index (κ1) is 13.4. The van der Waals surface area contributed by atoms with Crippen LogP contribution >= 0.6 is 0 Å². The van der Waals surface area contributed by atoms with E-state index in [1.807, 2.05) is 13.0 Å². The number of aryl methyl sites for hydroxylation is 1. The van der Waals surface area contributed by atoms with Crippen molar-refractivity contribution >= 4 is 5.82 Å². The molecule has 4 nitrogen and oxygen atoms in total. The molecule has 0 aromatic carbocycles. The lowest BCUT2D eigenvalue weighted by atomic mass is 10.2. The van der Waals surface area contributed by atoms with Gasteiger partial charge in [-0.2, -0.15) is 0 Å². The third-order valence-corrected chi connectivity index (χ3v) is 2.60. The van der Waals surface area contributed by atoms with E-state index in [4.69, 9.17) is 0 Å². The van der Waals surface area contributed by atoms with E-state index in [-0.39, 0.29) is 5.82 Å². The summed E-state index contributed by atoms with van der Waals surface area (Å²) in [6.07, 6.45) is 3.08. The molecule has 0 saturated carbocycles. The maximum absolute atomic E-state index is 12.9. The van der Waals surface area contributed by atoms with Gasteiger partial charge in [0.15, 0.2) is 5.82 Å². The summed E-state index contributed by atoms with van der Waals surface area (Å²) < 4.78 is 12.9. The first-order chi connectivity index (χ1) is 9.22. The highest BCUT2D eigenvalue weighted by Gasteiger charge is 2.07. The molecule has 0 amide bonds. The van der Waals surface area contributed by atoms with E-state index in [2.05, 4.69) is 27.2 Å². The Hall–Kier alpha value is -2.04. The summed E-state index contributed by atoms with van der Waals surface area (Å²) in [5.41, 5.74) is 1.55. The Morgan fingerprint density at radius 3 is 2.68 bits per heavy atom. The first-order valence-electron chi connectivity index (χ1n) is 6.46. The van der Waals surface area contributed by atoms with Crippen LogP contribution in [0, 0.1) is 5.82 Å². The lowest BCUT2D eigenvalue weighted by molar-refractivity contribution is 0.621. The van der Waals surface area contributed by atoms with Crippen molar-refractivity contribution < 1.29 is 4.39 Å². The number of nitrogens with zero attached hydrogens (tertiary/aromatic N) is 3. The summed E-state index contributed by atoms with van der Waals surface area (Å²) in [6.45, 7) is 4.90. The second kappa shape index (κ2) is 6.22. The molecular formula is C14H17FN4. The number of aromatic nitrogens is 3. The Labute approximate surface area is 112 Å². The molecule has 0 spiro atoms. The van der Waals surface area contributed by atoms with Gasteiger partial charge in [0.25, 0.3) is 0 Å². The van der Waals surface area contributed by atoms with E-state index in [9.17, 15) is 4.39 Å². The van der Waals surface area contributed by atoms with E-state index in [0.29, 0.717) is 11.5 Å². The topological polar surface area (TPSA) is 50.7 Å². The van der Waals surface area contributed by atoms with Crippen molar-refractivity contribution in [2.24, 2.45) is 0 Å². The zero-order valence-corrected chi connectivity index (χ0v) is 11.2. The van der Waals surface area contributed by atoms with Gasteiger partial charge in [-0.25, -0.2) is 19.3 Å². The van der Waals surface area contributed by atoms with Gasteiger partial charge in [0.2, 0.25) is 0 Å². The van der Waals surface area contributed by atoms with Crippen molar-refractivity contribution in [2.45, 2.75) is 26.7 Å². The molecule has 1 N–H and O–H groups in total. The van der Waals surface area contributed by atoms with Gasteiger partial charge in [-0.1, -0.05) is 13.3 Å². The Morgan fingerprint density at radius 2 is 2.05 bits per heavy atom. The van der Waals surface area contributed by atoms with Crippen LogP contribution in [0.15, 0.2) is 24.4 Å². The molecule has 0 bridgehead atoms. The van der Waals surface area contributed by atoms with E-state index >= 15 is 0 Å². The average molecular weight is 260 g/mol. The molecule has 2 heterocycles. The van der Waals surface area contributed by atoms with Crippen LogP contribution in [0.1, 0.15) is 26.0 Å². The van der Waals surface area contributed by atoms with Gasteiger partial charge >= 0.3 is 0 Å². The number of halogens is 1.